The summed E-state index contributed by atoms with van der Waals surface area (Å²) in [5.41, 5.74) is 1.63. The van der Waals surface area contributed by atoms with Gasteiger partial charge in [0.25, 0.3) is 0 Å². The number of aryl methyl sites for hydroxylation is 1. The normalized spacial score (nSPS) is 10.9. The van der Waals surface area contributed by atoms with Crippen LogP contribution in [0.2, 0.25) is 4.34 Å². The van der Waals surface area contributed by atoms with Crippen LogP contribution in [0.1, 0.15) is 17.8 Å². The van der Waals surface area contributed by atoms with Gasteiger partial charge in [0.2, 0.25) is 0 Å². The van der Waals surface area contributed by atoms with E-state index in [1.54, 1.807) is 6.33 Å². The summed E-state index contributed by atoms with van der Waals surface area (Å²) in [6.45, 7) is 0.549. The Hall–Kier alpha value is -2.12. The molecule has 0 saturated heterocycles. The van der Waals surface area contributed by atoms with E-state index in [-0.39, 0.29) is 5.97 Å². The summed E-state index contributed by atoms with van der Waals surface area (Å²) >= 11 is 7.37. The van der Waals surface area contributed by atoms with Crippen LogP contribution in [-0.2, 0) is 22.5 Å². The quantitative estimate of drug-likeness (QED) is 0.636. The highest BCUT2D eigenvalue weighted by Gasteiger charge is 2.10. The average molecular weight is 352 g/mol. The molecule has 3 heterocycles. The number of ether oxygens (including phenoxy) is 1. The standard InChI is InChI=1S/C15H14ClN3O3S/c1-21-15(20)5-2-10-7-19(9-17-10)8-11-6-12(22-18-11)13-3-4-14(16)23-13/h3-4,6-7,9H,2,5,8H2,1H3. The third-order valence-electron chi connectivity index (χ3n) is 3.22. The van der Waals surface area contributed by atoms with Crippen LogP contribution in [0.3, 0.4) is 0 Å². The second-order valence-electron chi connectivity index (χ2n) is 4.90. The molecule has 0 aromatic carbocycles. The predicted octanol–water partition coefficient (Wildman–Crippen LogP) is 3.41. The molecule has 0 unspecified atom stereocenters. The number of halogens is 1. The molecule has 0 aliphatic heterocycles. The van der Waals surface area contributed by atoms with Crippen LogP contribution in [0.25, 0.3) is 10.6 Å². The number of carbonyl (C=O) groups is 1. The lowest BCUT2D eigenvalue weighted by Crippen LogP contribution is -2.02. The smallest absolute Gasteiger partial charge is 0.305 e. The molecule has 0 fully saturated rings. The lowest BCUT2D eigenvalue weighted by Gasteiger charge is -1.97. The van der Waals surface area contributed by atoms with Crippen molar-refractivity contribution < 1.29 is 14.1 Å². The van der Waals surface area contributed by atoms with E-state index in [1.165, 1.54) is 18.4 Å². The van der Waals surface area contributed by atoms with E-state index in [4.69, 9.17) is 16.1 Å². The SMILES string of the molecule is COC(=O)CCc1cn(Cc2cc(-c3ccc(Cl)s3)on2)cn1. The number of rotatable bonds is 6. The molecule has 3 aromatic rings. The Morgan fingerprint density at radius 3 is 3.04 bits per heavy atom. The fourth-order valence-electron chi connectivity index (χ4n) is 2.09. The zero-order valence-electron chi connectivity index (χ0n) is 12.4. The van der Waals surface area contributed by atoms with E-state index >= 15 is 0 Å². The number of methoxy groups -OCH3 is 1. The van der Waals surface area contributed by atoms with Crippen molar-refractivity contribution in [1.82, 2.24) is 14.7 Å². The van der Waals surface area contributed by atoms with Crippen molar-refractivity contribution >= 4 is 28.9 Å². The van der Waals surface area contributed by atoms with E-state index in [0.717, 1.165) is 16.3 Å². The van der Waals surface area contributed by atoms with Gasteiger partial charge in [0, 0.05) is 18.7 Å². The van der Waals surface area contributed by atoms with Gasteiger partial charge in [-0.3, -0.25) is 4.79 Å². The van der Waals surface area contributed by atoms with E-state index in [2.05, 4.69) is 14.9 Å². The monoisotopic (exact) mass is 351 g/mol. The largest absolute Gasteiger partial charge is 0.469 e. The Morgan fingerprint density at radius 1 is 1.43 bits per heavy atom. The molecule has 0 bridgehead atoms. The molecule has 0 atom stereocenters. The van der Waals surface area contributed by atoms with Gasteiger partial charge < -0.3 is 13.8 Å². The number of nitrogens with zero attached hydrogens (tertiary/aromatic N) is 3. The molecule has 3 aromatic heterocycles. The van der Waals surface area contributed by atoms with Gasteiger partial charge in [-0.2, -0.15) is 0 Å². The minimum absolute atomic E-state index is 0.240. The van der Waals surface area contributed by atoms with E-state index in [0.29, 0.717) is 29.5 Å². The zero-order valence-corrected chi connectivity index (χ0v) is 13.9. The number of hydrogen-bond acceptors (Lipinski definition) is 6. The summed E-state index contributed by atoms with van der Waals surface area (Å²) in [5.74, 6) is 0.457. The van der Waals surface area contributed by atoms with Crippen LogP contribution < -0.4 is 0 Å². The summed E-state index contributed by atoms with van der Waals surface area (Å²) < 4.78 is 12.6. The Balaban J connectivity index is 1.63. The van der Waals surface area contributed by atoms with Crippen molar-refractivity contribution in [3.05, 3.63) is 46.4 Å². The first-order chi connectivity index (χ1) is 11.1. The first-order valence-electron chi connectivity index (χ1n) is 6.93. The summed E-state index contributed by atoms with van der Waals surface area (Å²) in [6.07, 6.45) is 4.47. The van der Waals surface area contributed by atoms with Gasteiger partial charge in [-0.15, -0.1) is 11.3 Å². The molecule has 0 amide bonds. The van der Waals surface area contributed by atoms with Crippen molar-refractivity contribution in [2.45, 2.75) is 19.4 Å². The van der Waals surface area contributed by atoms with Crippen LogP contribution in [0.15, 0.2) is 35.2 Å². The minimum atomic E-state index is -0.240. The molecular weight excluding hydrogens is 338 g/mol. The molecule has 0 aliphatic rings. The second kappa shape index (κ2) is 6.97. The predicted molar refractivity (Wildman–Crippen MR) is 86.5 cm³/mol. The number of imidazole rings is 1. The third-order valence-corrected chi connectivity index (χ3v) is 4.46. The fourth-order valence-corrected chi connectivity index (χ4v) is 3.08. The molecular formula is C15H14ClN3O3S. The Morgan fingerprint density at radius 2 is 2.30 bits per heavy atom. The zero-order chi connectivity index (χ0) is 16.2. The summed E-state index contributed by atoms with van der Waals surface area (Å²) in [7, 11) is 1.38. The van der Waals surface area contributed by atoms with Gasteiger partial charge in [0.05, 0.1) is 41.3 Å². The molecule has 0 saturated carbocycles. The number of esters is 1. The van der Waals surface area contributed by atoms with E-state index in [9.17, 15) is 4.79 Å². The van der Waals surface area contributed by atoms with Crippen molar-refractivity contribution in [1.29, 1.82) is 0 Å². The number of hydrogen-bond donors (Lipinski definition) is 0. The average Bonchev–Trinajstić information content (AvgIpc) is 3.26. The Bertz CT molecular complexity index is 808. The van der Waals surface area contributed by atoms with Crippen molar-refractivity contribution in [2.75, 3.05) is 7.11 Å². The molecule has 0 N–H and O–H groups in total. The van der Waals surface area contributed by atoms with Gasteiger partial charge in [-0.05, 0) is 12.1 Å². The van der Waals surface area contributed by atoms with Gasteiger partial charge in [0.15, 0.2) is 5.76 Å². The van der Waals surface area contributed by atoms with Crippen LogP contribution >= 0.6 is 22.9 Å². The Labute approximate surface area is 141 Å². The molecule has 3 rings (SSSR count). The van der Waals surface area contributed by atoms with E-state index < -0.39 is 0 Å². The first kappa shape index (κ1) is 15.8. The van der Waals surface area contributed by atoms with Gasteiger partial charge >= 0.3 is 5.97 Å². The summed E-state index contributed by atoms with van der Waals surface area (Å²) in [6, 6.07) is 5.61. The van der Waals surface area contributed by atoms with Crippen LogP contribution in [0, 0.1) is 0 Å². The number of aromatic nitrogens is 3. The fraction of sp³-hybridized carbons (Fsp3) is 0.267. The van der Waals surface area contributed by atoms with Crippen LogP contribution in [0.5, 0.6) is 0 Å². The number of carbonyl (C=O) groups excluding carboxylic acids is 1. The maximum atomic E-state index is 11.1. The molecule has 8 heteroatoms. The highest BCUT2D eigenvalue weighted by molar-refractivity contribution is 7.19. The third kappa shape index (κ3) is 4.00. The second-order valence-corrected chi connectivity index (χ2v) is 6.61. The maximum absolute atomic E-state index is 11.1. The lowest BCUT2D eigenvalue weighted by atomic mass is 10.2. The van der Waals surface area contributed by atoms with Crippen LogP contribution in [0.4, 0.5) is 0 Å². The highest BCUT2D eigenvalue weighted by Crippen LogP contribution is 2.31. The summed E-state index contributed by atoms with van der Waals surface area (Å²) in [5, 5.41) is 4.06. The molecule has 0 aliphatic carbocycles. The molecule has 23 heavy (non-hydrogen) atoms. The highest BCUT2D eigenvalue weighted by atomic mass is 35.5. The van der Waals surface area contributed by atoms with Gasteiger partial charge in [-0.1, -0.05) is 16.8 Å². The maximum Gasteiger partial charge on any atom is 0.305 e. The van der Waals surface area contributed by atoms with Crippen molar-refractivity contribution in [2.24, 2.45) is 0 Å². The van der Waals surface area contributed by atoms with Crippen molar-refractivity contribution in [3.8, 4) is 10.6 Å². The van der Waals surface area contributed by atoms with Gasteiger partial charge in [-0.25, -0.2) is 4.98 Å². The van der Waals surface area contributed by atoms with Gasteiger partial charge in [0.1, 0.15) is 5.69 Å². The summed E-state index contributed by atoms with van der Waals surface area (Å²) in [4.78, 5) is 16.3. The topological polar surface area (TPSA) is 70.2 Å². The molecule has 0 radical (unpaired) electrons. The minimum Gasteiger partial charge on any atom is -0.469 e. The van der Waals surface area contributed by atoms with Crippen LogP contribution in [-0.4, -0.2) is 27.8 Å². The van der Waals surface area contributed by atoms with E-state index in [1.807, 2.05) is 29.0 Å². The molecule has 6 nitrogen and oxygen atoms in total. The number of thiophene rings is 1. The van der Waals surface area contributed by atoms with Crippen molar-refractivity contribution in [3.63, 3.8) is 0 Å². The molecule has 0 spiro atoms. The first-order valence-corrected chi connectivity index (χ1v) is 8.12. The lowest BCUT2D eigenvalue weighted by molar-refractivity contribution is -0.140. The molecule has 120 valence electrons. The Kier molecular flexibility index (Phi) is 4.78.